The second-order valence-corrected chi connectivity index (χ2v) is 4.69. The molecule has 0 saturated heterocycles. The third-order valence-corrected chi connectivity index (χ3v) is 1.92. The van der Waals surface area contributed by atoms with E-state index in [9.17, 15) is 4.79 Å². The van der Waals surface area contributed by atoms with Crippen LogP contribution in [0.1, 0.15) is 26.3 Å². The molecule has 0 spiro atoms. The van der Waals surface area contributed by atoms with Gasteiger partial charge in [-0.3, -0.25) is 4.79 Å². The highest BCUT2D eigenvalue weighted by atomic mass is 16.1. The first kappa shape index (κ1) is 10.0. The molecule has 0 unspecified atom stereocenters. The maximum atomic E-state index is 11.6. The largest absolute Gasteiger partial charge is 0.318 e. The van der Waals surface area contributed by atoms with Gasteiger partial charge in [0.05, 0.1) is 0 Å². The zero-order valence-electron chi connectivity index (χ0n) is 8.79. The standard InChI is InChI=1S/C11H17NO/c1-11(2,3)8-9-6-5-7-12(4)10(9)13/h5-7H,8H2,1-4H3. The summed E-state index contributed by atoms with van der Waals surface area (Å²) in [7, 11) is 1.79. The van der Waals surface area contributed by atoms with E-state index >= 15 is 0 Å². The van der Waals surface area contributed by atoms with Crippen molar-refractivity contribution in [3.63, 3.8) is 0 Å². The Morgan fingerprint density at radius 2 is 2.00 bits per heavy atom. The molecule has 1 rings (SSSR count). The second kappa shape index (κ2) is 3.36. The highest BCUT2D eigenvalue weighted by molar-refractivity contribution is 5.11. The lowest BCUT2D eigenvalue weighted by Gasteiger charge is -2.17. The van der Waals surface area contributed by atoms with Crippen LogP contribution >= 0.6 is 0 Å². The van der Waals surface area contributed by atoms with Gasteiger partial charge in [0.2, 0.25) is 0 Å². The van der Waals surface area contributed by atoms with Gasteiger partial charge in [-0.25, -0.2) is 0 Å². The van der Waals surface area contributed by atoms with Gasteiger partial charge < -0.3 is 4.57 Å². The van der Waals surface area contributed by atoms with Crippen molar-refractivity contribution in [2.45, 2.75) is 27.2 Å². The van der Waals surface area contributed by atoms with Gasteiger partial charge in [0.25, 0.3) is 5.56 Å². The number of hydrogen-bond acceptors (Lipinski definition) is 1. The lowest BCUT2D eigenvalue weighted by molar-refractivity contribution is 0.408. The lowest BCUT2D eigenvalue weighted by atomic mass is 9.89. The predicted molar refractivity (Wildman–Crippen MR) is 54.8 cm³/mol. The Morgan fingerprint density at radius 1 is 1.38 bits per heavy atom. The van der Waals surface area contributed by atoms with Crippen LogP contribution in [0.2, 0.25) is 0 Å². The summed E-state index contributed by atoms with van der Waals surface area (Å²) >= 11 is 0. The molecule has 2 nitrogen and oxygen atoms in total. The van der Waals surface area contributed by atoms with Crippen molar-refractivity contribution in [1.82, 2.24) is 4.57 Å². The first-order valence-electron chi connectivity index (χ1n) is 4.55. The van der Waals surface area contributed by atoms with E-state index in [0.717, 1.165) is 12.0 Å². The number of pyridine rings is 1. The first-order valence-corrected chi connectivity index (χ1v) is 4.55. The fourth-order valence-corrected chi connectivity index (χ4v) is 1.36. The van der Waals surface area contributed by atoms with Crippen LogP contribution in [-0.4, -0.2) is 4.57 Å². The van der Waals surface area contributed by atoms with Gasteiger partial charge in [0.1, 0.15) is 0 Å². The molecule has 0 amide bonds. The Bertz CT molecular complexity index is 344. The maximum absolute atomic E-state index is 11.6. The third-order valence-electron chi connectivity index (χ3n) is 1.92. The molecule has 72 valence electrons. The second-order valence-electron chi connectivity index (χ2n) is 4.69. The summed E-state index contributed by atoms with van der Waals surface area (Å²) in [6.45, 7) is 6.41. The van der Waals surface area contributed by atoms with Crippen LogP contribution in [0.4, 0.5) is 0 Å². The molecule has 0 aliphatic heterocycles. The van der Waals surface area contributed by atoms with Gasteiger partial charge in [-0.05, 0) is 17.9 Å². The van der Waals surface area contributed by atoms with Crippen molar-refractivity contribution in [2.24, 2.45) is 12.5 Å². The molecular formula is C11H17NO. The molecular weight excluding hydrogens is 162 g/mol. The van der Waals surface area contributed by atoms with Crippen LogP contribution in [0.15, 0.2) is 23.1 Å². The fourth-order valence-electron chi connectivity index (χ4n) is 1.36. The molecule has 13 heavy (non-hydrogen) atoms. The molecule has 2 heteroatoms. The van der Waals surface area contributed by atoms with E-state index in [2.05, 4.69) is 20.8 Å². The number of nitrogens with zero attached hydrogens (tertiary/aromatic N) is 1. The van der Waals surface area contributed by atoms with E-state index in [0.29, 0.717) is 0 Å². The van der Waals surface area contributed by atoms with E-state index < -0.39 is 0 Å². The normalized spacial score (nSPS) is 11.7. The monoisotopic (exact) mass is 179 g/mol. The lowest BCUT2D eigenvalue weighted by Crippen LogP contribution is -2.23. The summed E-state index contributed by atoms with van der Waals surface area (Å²) < 4.78 is 1.63. The molecule has 1 heterocycles. The molecule has 0 aromatic carbocycles. The summed E-state index contributed by atoms with van der Waals surface area (Å²) in [5.74, 6) is 0. The Hall–Kier alpha value is -1.05. The molecule has 0 bridgehead atoms. The summed E-state index contributed by atoms with van der Waals surface area (Å²) in [5, 5.41) is 0. The number of aromatic nitrogens is 1. The number of rotatable bonds is 1. The topological polar surface area (TPSA) is 22.0 Å². The molecule has 0 radical (unpaired) electrons. The average Bonchev–Trinajstić information content (AvgIpc) is 1.96. The van der Waals surface area contributed by atoms with Crippen LogP contribution in [0, 0.1) is 5.41 Å². The summed E-state index contributed by atoms with van der Waals surface area (Å²) in [5.41, 5.74) is 1.20. The van der Waals surface area contributed by atoms with E-state index in [1.165, 1.54) is 0 Å². The van der Waals surface area contributed by atoms with Gasteiger partial charge in [-0.2, -0.15) is 0 Å². The first-order chi connectivity index (χ1) is 5.90. The summed E-state index contributed by atoms with van der Waals surface area (Å²) in [6, 6.07) is 3.83. The van der Waals surface area contributed by atoms with Gasteiger partial charge >= 0.3 is 0 Å². The maximum Gasteiger partial charge on any atom is 0.253 e. The van der Waals surface area contributed by atoms with Crippen molar-refractivity contribution < 1.29 is 0 Å². The highest BCUT2D eigenvalue weighted by Crippen LogP contribution is 2.17. The summed E-state index contributed by atoms with van der Waals surface area (Å²) in [6.07, 6.45) is 2.62. The Labute approximate surface area is 79.2 Å². The van der Waals surface area contributed by atoms with Gasteiger partial charge in [0.15, 0.2) is 0 Å². The minimum atomic E-state index is 0.123. The van der Waals surface area contributed by atoms with Crippen LogP contribution in [0.25, 0.3) is 0 Å². The third kappa shape index (κ3) is 2.72. The number of aryl methyl sites for hydroxylation is 1. The van der Waals surface area contributed by atoms with Gasteiger partial charge in [-0.15, -0.1) is 0 Å². The van der Waals surface area contributed by atoms with E-state index in [-0.39, 0.29) is 11.0 Å². The van der Waals surface area contributed by atoms with Gasteiger partial charge in [0, 0.05) is 18.8 Å². The minimum Gasteiger partial charge on any atom is -0.318 e. The molecule has 0 atom stereocenters. The zero-order valence-corrected chi connectivity index (χ0v) is 8.79. The van der Waals surface area contributed by atoms with Crippen LogP contribution in [-0.2, 0) is 13.5 Å². The molecule has 1 aromatic heterocycles. The van der Waals surface area contributed by atoms with Crippen molar-refractivity contribution in [2.75, 3.05) is 0 Å². The van der Waals surface area contributed by atoms with Crippen LogP contribution < -0.4 is 5.56 Å². The highest BCUT2D eigenvalue weighted by Gasteiger charge is 2.13. The van der Waals surface area contributed by atoms with E-state index in [4.69, 9.17) is 0 Å². The number of hydrogen-bond donors (Lipinski definition) is 0. The fraction of sp³-hybridized carbons (Fsp3) is 0.545. The Kier molecular flexibility index (Phi) is 2.60. The van der Waals surface area contributed by atoms with E-state index in [1.807, 2.05) is 12.1 Å². The molecule has 0 N–H and O–H groups in total. The zero-order chi connectivity index (χ0) is 10.1. The van der Waals surface area contributed by atoms with Crippen molar-refractivity contribution in [3.8, 4) is 0 Å². The molecule has 1 aromatic rings. The smallest absolute Gasteiger partial charge is 0.253 e. The molecule has 0 aliphatic carbocycles. The predicted octanol–water partition coefficient (Wildman–Crippen LogP) is 1.97. The van der Waals surface area contributed by atoms with Crippen molar-refractivity contribution in [1.29, 1.82) is 0 Å². The molecule has 0 saturated carbocycles. The van der Waals surface area contributed by atoms with Crippen LogP contribution in [0.3, 0.4) is 0 Å². The van der Waals surface area contributed by atoms with Gasteiger partial charge in [-0.1, -0.05) is 26.8 Å². The SMILES string of the molecule is Cn1cccc(CC(C)(C)C)c1=O. The van der Waals surface area contributed by atoms with E-state index in [1.54, 1.807) is 17.8 Å². The Balaban J connectivity index is 3.03. The molecule has 0 aliphatic rings. The average molecular weight is 179 g/mol. The molecule has 0 fully saturated rings. The minimum absolute atomic E-state index is 0.123. The Morgan fingerprint density at radius 3 is 2.54 bits per heavy atom. The van der Waals surface area contributed by atoms with Crippen LogP contribution in [0.5, 0.6) is 0 Å². The quantitative estimate of drug-likeness (QED) is 0.646. The summed E-state index contributed by atoms with van der Waals surface area (Å²) in [4.78, 5) is 11.6. The van der Waals surface area contributed by atoms with Crippen molar-refractivity contribution in [3.05, 3.63) is 34.2 Å². The van der Waals surface area contributed by atoms with Crippen molar-refractivity contribution >= 4 is 0 Å².